The molecule has 2 N–H and O–H groups in total. The molecule has 0 saturated carbocycles. The van der Waals surface area contributed by atoms with Crippen LogP contribution in [0.5, 0.6) is 0 Å². The van der Waals surface area contributed by atoms with Gasteiger partial charge in [-0.05, 0) is 38.6 Å². The minimum absolute atomic E-state index is 0.279. The molecule has 1 aliphatic rings. The van der Waals surface area contributed by atoms with Gasteiger partial charge in [0.05, 0.1) is 0 Å². The summed E-state index contributed by atoms with van der Waals surface area (Å²) < 4.78 is 0. The van der Waals surface area contributed by atoms with Crippen molar-refractivity contribution in [3.8, 4) is 0 Å². The van der Waals surface area contributed by atoms with Gasteiger partial charge in [-0.2, -0.15) is 0 Å². The normalized spacial score (nSPS) is 24.4. The third-order valence-electron chi connectivity index (χ3n) is 4.40. The van der Waals surface area contributed by atoms with Gasteiger partial charge in [0.2, 0.25) is 0 Å². The van der Waals surface area contributed by atoms with Crippen molar-refractivity contribution in [2.75, 3.05) is 13.1 Å². The molecule has 0 radical (unpaired) electrons. The number of piperidine rings is 1. The minimum atomic E-state index is 0.279. The minimum Gasteiger partial charge on any atom is -0.329 e. The molecule has 0 spiro atoms. The summed E-state index contributed by atoms with van der Waals surface area (Å²) in [5.74, 6) is 0. The molecular formula is C13H28N2. The highest BCUT2D eigenvalue weighted by atomic mass is 15.2. The van der Waals surface area contributed by atoms with Gasteiger partial charge < -0.3 is 5.73 Å². The number of hydrogen-bond donors (Lipinski definition) is 1. The van der Waals surface area contributed by atoms with E-state index in [4.69, 9.17) is 5.73 Å². The van der Waals surface area contributed by atoms with Gasteiger partial charge in [0.1, 0.15) is 0 Å². The third-order valence-corrected chi connectivity index (χ3v) is 4.40. The lowest BCUT2D eigenvalue weighted by molar-refractivity contribution is 0.0143. The van der Waals surface area contributed by atoms with Crippen LogP contribution in [-0.2, 0) is 0 Å². The van der Waals surface area contributed by atoms with Crippen LogP contribution in [0.4, 0.5) is 0 Å². The van der Waals surface area contributed by atoms with Gasteiger partial charge in [0.25, 0.3) is 0 Å². The molecule has 0 aromatic heterocycles. The Morgan fingerprint density at radius 2 is 1.87 bits per heavy atom. The van der Waals surface area contributed by atoms with Crippen molar-refractivity contribution in [3.05, 3.63) is 0 Å². The maximum Gasteiger partial charge on any atom is 0.0329 e. The predicted octanol–water partition coefficient (Wildman–Crippen LogP) is 2.77. The fraction of sp³-hybridized carbons (Fsp3) is 1.00. The van der Waals surface area contributed by atoms with Gasteiger partial charge >= 0.3 is 0 Å². The van der Waals surface area contributed by atoms with Gasteiger partial charge in [-0.3, -0.25) is 4.90 Å². The topological polar surface area (TPSA) is 29.3 Å². The molecule has 2 nitrogen and oxygen atoms in total. The standard InChI is InChI=1S/C13H28N2/c1-4-12-9-7-8-10-15(12)13(5-2,6-3)11-14/h12H,4-11,14H2,1-3H3. The van der Waals surface area contributed by atoms with E-state index >= 15 is 0 Å². The van der Waals surface area contributed by atoms with E-state index in [0.717, 1.165) is 12.6 Å². The monoisotopic (exact) mass is 212 g/mol. The average molecular weight is 212 g/mol. The highest BCUT2D eigenvalue weighted by molar-refractivity contribution is 4.94. The number of hydrogen-bond acceptors (Lipinski definition) is 2. The van der Waals surface area contributed by atoms with Crippen LogP contribution in [0.15, 0.2) is 0 Å². The summed E-state index contributed by atoms with van der Waals surface area (Å²) in [5, 5.41) is 0. The van der Waals surface area contributed by atoms with Crippen molar-refractivity contribution in [1.82, 2.24) is 4.90 Å². The summed E-state index contributed by atoms with van der Waals surface area (Å²) in [5.41, 5.74) is 6.31. The molecule has 0 aliphatic carbocycles. The first kappa shape index (κ1) is 13.0. The Hall–Kier alpha value is -0.0800. The first-order valence-electron chi connectivity index (χ1n) is 6.70. The van der Waals surface area contributed by atoms with E-state index in [-0.39, 0.29) is 5.54 Å². The molecule has 1 heterocycles. The average Bonchev–Trinajstić information content (AvgIpc) is 2.33. The zero-order valence-electron chi connectivity index (χ0n) is 10.8. The van der Waals surface area contributed by atoms with Crippen LogP contribution in [0, 0.1) is 0 Å². The van der Waals surface area contributed by atoms with E-state index in [2.05, 4.69) is 25.7 Å². The van der Waals surface area contributed by atoms with Crippen LogP contribution in [0.2, 0.25) is 0 Å². The SMILES string of the molecule is CCC1CCCCN1C(CC)(CC)CN. The van der Waals surface area contributed by atoms with E-state index < -0.39 is 0 Å². The first-order valence-corrected chi connectivity index (χ1v) is 6.70. The Balaban J connectivity index is 2.79. The van der Waals surface area contributed by atoms with Crippen molar-refractivity contribution in [2.45, 2.75) is 70.9 Å². The lowest BCUT2D eigenvalue weighted by Gasteiger charge is -2.49. The van der Waals surface area contributed by atoms with Crippen molar-refractivity contribution in [3.63, 3.8) is 0 Å². The lowest BCUT2D eigenvalue weighted by atomic mass is 9.85. The van der Waals surface area contributed by atoms with Crippen molar-refractivity contribution >= 4 is 0 Å². The summed E-state index contributed by atoms with van der Waals surface area (Å²) in [6, 6.07) is 0.780. The summed E-state index contributed by atoms with van der Waals surface area (Å²) in [4.78, 5) is 2.72. The van der Waals surface area contributed by atoms with Gasteiger partial charge in [0, 0.05) is 18.1 Å². The number of rotatable bonds is 5. The molecule has 1 saturated heterocycles. The zero-order chi connectivity index (χ0) is 11.3. The fourth-order valence-corrected chi connectivity index (χ4v) is 3.11. The molecule has 1 unspecified atom stereocenters. The summed E-state index contributed by atoms with van der Waals surface area (Å²) in [6.07, 6.45) is 7.80. The fourth-order valence-electron chi connectivity index (χ4n) is 3.11. The molecule has 90 valence electrons. The zero-order valence-corrected chi connectivity index (χ0v) is 10.8. The second-order valence-electron chi connectivity index (χ2n) is 4.89. The third kappa shape index (κ3) is 2.54. The first-order chi connectivity index (χ1) is 7.24. The molecular weight excluding hydrogens is 184 g/mol. The van der Waals surface area contributed by atoms with Crippen LogP contribution in [-0.4, -0.2) is 29.6 Å². The Labute approximate surface area is 95.2 Å². The molecule has 1 fully saturated rings. The van der Waals surface area contributed by atoms with Gasteiger partial charge in [-0.15, -0.1) is 0 Å². The van der Waals surface area contributed by atoms with Crippen LogP contribution in [0.1, 0.15) is 59.3 Å². The molecule has 1 atom stereocenters. The van der Waals surface area contributed by atoms with Gasteiger partial charge in [0.15, 0.2) is 0 Å². The Bertz CT molecular complexity index is 167. The molecule has 2 heteroatoms. The maximum absolute atomic E-state index is 6.03. The highest BCUT2D eigenvalue weighted by Crippen LogP contribution is 2.31. The Morgan fingerprint density at radius 3 is 2.33 bits per heavy atom. The van der Waals surface area contributed by atoms with Crippen LogP contribution in [0.25, 0.3) is 0 Å². The summed E-state index contributed by atoms with van der Waals surface area (Å²) in [6.45, 7) is 8.97. The number of nitrogens with zero attached hydrogens (tertiary/aromatic N) is 1. The second kappa shape index (κ2) is 5.86. The molecule has 0 amide bonds. The quantitative estimate of drug-likeness (QED) is 0.759. The highest BCUT2D eigenvalue weighted by Gasteiger charge is 2.36. The smallest absolute Gasteiger partial charge is 0.0329 e. The second-order valence-corrected chi connectivity index (χ2v) is 4.89. The predicted molar refractivity (Wildman–Crippen MR) is 67.0 cm³/mol. The summed E-state index contributed by atoms with van der Waals surface area (Å²) in [7, 11) is 0. The van der Waals surface area contributed by atoms with Crippen molar-refractivity contribution in [1.29, 1.82) is 0 Å². The van der Waals surface area contributed by atoms with Crippen LogP contribution < -0.4 is 5.73 Å². The van der Waals surface area contributed by atoms with Gasteiger partial charge in [-0.25, -0.2) is 0 Å². The molecule has 0 aromatic carbocycles. The van der Waals surface area contributed by atoms with Gasteiger partial charge in [-0.1, -0.05) is 27.2 Å². The van der Waals surface area contributed by atoms with Crippen LogP contribution in [0.3, 0.4) is 0 Å². The van der Waals surface area contributed by atoms with E-state index in [9.17, 15) is 0 Å². The van der Waals surface area contributed by atoms with E-state index in [1.165, 1.54) is 45.1 Å². The van der Waals surface area contributed by atoms with E-state index in [1.54, 1.807) is 0 Å². The molecule has 0 aromatic rings. The van der Waals surface area contributed by atoms with E-state index in [1.807, 2.05) is 0 Å². The van der Waals surface area contributed by atoms with Crippen molar-refractivity contribution < 1.29 is 0 Å². The molecule has 1 rings (SSSR count). The van der Waals surface area contributed by atoms with Crippen LogP contribution >= 0.6 is 0 Å². The Morgan fingerprint density at radius 1 is 1.20 bits per heavy atom. The summed E-state index contributed by atoms with van der Waals surface area (Å²) >= 11 is 0. The largest absolute Gasteiger partial charge is 0.329 e. The molecule has 1 aliphatic heterocycles. The lowest BCUT2D eigenvalue weighted by Crippen LogP contribution is -2.58. The number of nitrogens with two attached hydrogens (primary N) is 1. The molecule has 0 bridgehead atoms. The Kier molecular flexibility index (Phi) is 5.07. The molecule has 15 heavy (non-hydrogen) atoms. The number of likely N-dealkylation sites (tertiary alicyclic amines) is 1. The maximum atomic E-state index is 6.03. The van der Waals surface area contributed by atoms with E-state index in [0.29, 0.717) is 0 Å². The van der Waals surface area contributed by atoms with Crippen molar-refractivity contribution in [2.24, 2.45) is 5.73 Å².